The van der Waals surface area contributed by atoms with E-state index in [1.165, 1.54) is 17.1 Å². The molecule has 31 heavy (non-hydrogen) atoms. The second-order valence-corrected chi connectivity index (χ2v) is 9.39. The Morgan fingerprint density at radius 3 is 2.48 bits per heavy atom. The van der Waals surface area contributed by atoms with Gasteiger partial charge < -0.3 is 4.74 Å². The third-order valence-corrected chi connectivity index (χ3v) is 7.12. The molecule has 5 nitrogen and oxygen atoms in total. The first kappa shape index (κ1) is 21.0. The lowest BCUT2D eigenvalue weighted by atomic mass is 10.0. The molecule has 0 spiro atoms. The van der Waals surface area contributed by atoms with Crippen molar-refractivity contribution >= 4 is 26.9 Å². The predicted octanol–water partition coefficient (Wildman–Crippen LogP) is 4.83. The molecule has 0 aliphatic heterocycles. The Morgan fingerprint density at radius 2 is 1.81 bits per heavy atom. The second kappa shape index (κ2) is 8.44. The Morgan fingerprint density at radius 1 is 1.03 bits per heavy atom. The van der Waals surface area contributed by atoms with E-state index < -0.39 is 16.0 Å². The quantitative estimate of drug-likeness (QED) is 0.439. The van der Waals surface area contributed by atoms with Crippen LogP contribution in [0, 0.1) is 18.8 Å². The minimum atomic E-state index is -3.93. The van der Waals surface area contributed by atoms with Gasteiger partial charge in [0, 0.05) is 5.39 Å². The molecular weight excluding hydrogens is 410 g/mol. The highest BCUT2D eigenvalue weighted by Crippen LogP contribution is 2.27. The van der Waals surface area contributed by atoms with E-state index in [0.717, 1.165) is 36.8 Å². The van der Waals surface area contributed by atoms with Gasteiger partial charge in [0.2, 0.25) is 0 Å². The Kier molecular flexibility index (Phi) is 5.71. The Hall–Kier alpha value is -3.30. The maximum atomic E-state index is 13.6. The van der Waals surface area contributed by atoms with Crippen LogP contribution in [0.4, 0.5) is 0 Å². The highest BCUT2D eigenvalue weighted by atomic mass is 32.2. The number of hydrogen-bond acceptors (Lipinski definition) is 4. The van der Waals surface area contributed by atoms with Gasteiger partial charge in [-0.25, -0.2) is 17.2 Å². The van der Waals surface area contributed by atoms with Crippen LogP contribution in [-0.2, 0) is 14.8 Å². The van der Waals surface area contributed by atoms with Gasteiger partial charge in [0.05, 0.1) is 23.1 Å². The first-order valence-corrected chi connectivity index (χ1v) is 11.6. The number of nitrogens with zero attached hydrogens (tertiary/aromatic N) is 1. The number of allylic oxidation sites excluding steroid dienone is 2. The van der Waals surface area contributed by atoms with Crippen LogP contribution in [0.15, 0.2) is 65.1 Å². The van der Waals surface area contributed by atoms with Crippen molar-refractivity contribution in [2.75, 3.05) is 7.11 Å². The van der Waals surface area contributed by atoms with Crippen molar-refractivity contribution in [3.8, 4) is 11.8 Å². The lowest BCUT2D eigenvalue weighted by Gasteiger charge is -2.11. The van der Waals surface area contributed by atoms with E-state index in [2.05, 4.69) is 17.9 Å². The fourth-order valence-corrected chi connectivity index (χ4v) is 5.14. The zero-order valence-corrected chi connectivity index (χ0v) is 18.3. The van der Waals surface area contributed by atoms with Gasteiger partial charge >= 0.3 is 5.97 Å². The van der Waals surface area contributed by atoms with Crippen LogP contribution < -0.4 is 0 Å². The minimum absolute atomic E-state index is 0.166. The molecule has 1 heterocycles. The van der Waals surface area contributed by atoms with Crippen LogP contribution in [0.5, 0.6) is 0 Å². The van der Waals surface area contributed by atoms with E-state index in [4.69, 9.17) is 4.74 Å². The molecule has 0 saturated carbocycles. The van der Waals surface area contributed by atoms with Crippen LogP contribution in [-0.4, -0.2) is 25.5 Å². The highest BCUT2D eigenvalue weighted by molar-refractivity contribution is 7.90. The number of rotatable bonds is 3. The van der Waals surface area contributed by atoms with Crippen LogP contribution in [0.2, 0.25) is 0 Å². The van der Waals surface area contributed by atoms with Gasteiger partial charge in [0.15, 0.2) is 0 Å². The molecule has 1 aliphatic carbocycles. The van der Waals surface area contributed by atoms with E-state index in [-0.39, 0.29) is 10.5 Å². The van der Waals surface area contributed by atoms with Gasteiger partial charge in [0.25, 0.3) is 10.0 Å². The van der Waals surface area contributed by atoms with E-state index in [1.807, 2.05) is 6.92 Å². The van der Waals surface area contributed by atoms with Gasteiger partial charge in [-0.1, -0.05) is 35.8 Å². The number of aryl methyl sites for hydroxylation is 1. The molecule has 0 radical (unpaired) electrons. The van der Waals surface area contributed by atoms with Crippen molar-refractivity contribution in [2.24, 2.45) is 0 Å². The second-order valence-electron chi connectivity index (χ2n) is 7.60. The molecule has 0 atom stereocenters. The fraction of sp³-hybridized carbons (Fsp3) is 0.240. The summed E-state index contributed by atoms with van der Waals surface area (Å²) in [6.07, 6.45) is 6.27. The number of esters is 1. The number of carbonyl (C=O) groups is 1. The largest absolute Gasteiger partial charge is 0.465 e. The van der Waals surface area contributed by atoms with Crippen molar-refractivity contribution in [3.63, 3.8) is 0 Å². The summed E-state index contributed by atoms with van der Waals surface area (Å²) in [4.78, 5) is 12.2. The maximum absolute atomic E-state index is 13.6. The summed E-state index contributed by atoms with van der Waals surface area (Å²) in [6, 6.07) is 13.3. The molecule has 1 aliphatic rings. The summed E-state index contributed by atoms with van der Waals surface area (Å²) in [7, 11) is -2.63. The molecule has 6 heteroatoms. The standard InChI is InChI=1S/C25H23NO4S/c1-18-8-14-23(15-9-18)31(28,29)26-22(13-10-19-6-4-3-5-7-19)16-20-11-12-21(17-24(20)26)25(27)30-2/h6,8-9,11-12,14-17H,3-5,7H2,1-2H3. The molecule has 0 unspecified atom stereocenters. The van der Waals surface area contributed by atoms with E-state index in [0.29, 0.717) is 16.6 Å². The number of benzene rings is 2. The van der Waals surface area contributed by atoms with E-state index in [9.17, 15) is 13.2 Å². The van der Waals surface area contributed by atoms with Gasteiger partial charge in [0.1, 0.15) is 5.69 Å². The molecule has 3 aromatic rings. The van der Waals surface area contributed by atoms with Crippen molar-refractivity contribution in [1.82, 2.24) is 3.97 Å². The van der Waals surface area contributed by atoms with E-state index >= 15 is 0 Å². The first-order valence-electron chi connectivity index (χ1n) is 10.2. The Labute approximate surface area is 182 Å². The summed E-state index contributed by atoms with van der Waals surface area (Å²) in [6.45, 7) is 1.90. The summed E-state index contributed by atoms with van der Waals surface area (Å²) < 4.78 is 33.3. The van der Waals surface area contributed by atoms with Gasteiger partial charge in [-0.3, -0.25) is 0 Å². The predicted molar refractivity (Wildman–Crippen MR) is 120 cm³/mol. The highest BCUT2D eigenvalue weighted by Gasteiger charge is 2.23. The van der Waals surface area contributed by atoms with Gasteiger partial charge in [-0.05, 0) is 74.4 Å². The molecule has 0 saturated heterocycles. The zero-order valence-electron chi connectivity index (χ0n) is 17.5. The number of hydrogen-bond donors (Lipinski definition) is 0. The molecule has 1 aromatic heterocycles. The zero-order chi connectivity index (χ0) is 22.0. The third-order valence-electron chi connectivity index (χ3n) is 5.38. The smallest absolute Gasteiger partial charge is 0.337 e. The first-order chi connectivity index (χ1) is 14.9. The number of fused-ring (bicyclic) bond motifs is 1. The van der Waals surface area contributed by atoms with E-state index in [1.54, 1.807) is 42.5 Å². The number of aromatic nitrogens is 1. The monoisotopic (exact) mass is 433 g/mol. The van der Waals surface area contributed by atoms with Crippen LogP contribution in [0.1, 0.15) is 47.3 Å². The van der Waals surface area contributed by atoms with Crippen molar-refractivity contribution < 1.29 is 17.9 Å². The minimum Gasteiger partial charge on any atom is -0.465 e. The summed E-state index contributed by atoms with van der Waals surface area (Å²) in [5, 5.41) is 0.685. The maximum Gasteiger partial charge on any atom is 0.337 e. The molecule has 2 aromatic carbocycles. The molecule has 0 bridgehead atoms. The van der Waals surface area contributed by atoms with Gasteiger partial charge in [-0.15, -0.1) is 0 Å². The molecule has 158 valence electrons. The molecule has 4 rings (SSSR count). The normalized spacial score (nSPS) is 13.9. The van der Waals surface area contributed by atoms with Crippen LogP contribution in [0.3, 0.4) is 0 Å². The molecule has 0 N–H and O–H groups in total. The molecular formula is C25H23NO4S. The molecule has 0 fully saturated rings. The lowest BCUT2D eigenvalue weighted by molar-refractivity contribution is 0.0601. The molecule has 0 amide bonds. The average molecular weight is 434 g/mol. The van der Waals surface area contributed by atoms with Crippen molar-refractivity contribution in [2.45, 2.75) is 37.5 Å². The SMILES string of the molecule is COC(=O)c1ccc2cc(C#CC3=CCCCC3)n(S(=O)(=O)c3ccc(C)cc3)c2c1. The average Bonchev–Trinajstić information content (AvgIpc) is 3.16. The third kappa shape index (κ3) is 4.14. The van der Waals surface area contributed by atoms with Crippen molar-refractivity contribution in [1.29, 1.82) is 0 Å². The number of ether oxygens (including phenoxy) is 1. The van der Waals surface area contributed by atoms with Crippen molar-refractivity contribution in [3.05, 3.63) is 77.0 Å². The number of methoxy groups -OCH3 is 1. The summed E-state index contributed by atoms with van der Waals surface area (Å²) in [5.74, 6) is 5.70. The number of carbonyl (C=O) groups excluding carboxylic acids is 1. The van der Waals surface area contributed by atoms with Gasteiger partial charge in [-0.2, -0.15) is 0 Å². The topological polar surface area (TPSA) is 65.4 Å². The summed E-state index contributed by atoms with van der Waals surface area (Å²) >= 11 is 0. The fourth-order valence-electron chi connectivity index (χ4n) is 3.68. The lowest BCUT2D eigenvalue weighted by Crippen LogP contribution is -2.15. The Bertz CT molecular complexity index is 1350. The summed E-state index contributed by atoms with van der Waals surface area (Å²) in [5.41, 5.74) is 3.04. The Balaban J connectivity index is 1.94. The van der Waals surface area contributed by atoms with Crippen LogP contribution >= 0.6 is 0 Å². The van der Waals surface area contributed by atoms with Crippen LogP contribution in [0.25, 0.3) is 10.9 Å².